The summed E-state index contributed by atoms with van der Waals surface area (Å²) in [7, 11) is 0. The molecule has 0 unspecified atom stereocenters. The van der Waals surface area contributed by atoms with Crippen molar-refractivity contribution in [2.24, 2.45) is 9.98 Å². The molecule has 5 rings (SSSR count). The topological polar surface area (TPSA) is 147 Å². The van der Waals surface area contributed by atoms with Crippen LogP contribution in [0.3, 0.4) is 0 Å². The van der Waals surface area contributed by atoms with Gasteiger partial charge >= 0.3 is 12.1 Å². The van der Waals surface area contributed by atoms with Crippen LogP contribution in [-0.2, 0) is 37.0 Å². The zero-order valence-corrected chi connectivity index (χ0v) is 33.7. The largest absolute Gasteiger partial charge is 0.507 e. The van der Waals surface area contributed by atoms with Crippen LogP contribution in [0.5, 0.6) is 11.5 Å². The van der Waals surface area contributed by atoms with E-state index in [4.69, 9.17) is 9.98 Å². The minimum Gasteiger partial charge on any atom is -0.507 e. The fourth-order valence-corrected chi connectivity index (χ4v) is 6.82. The van der Waals surface area contributed by atoms with Crippen molar-refractivity contribution in [1.29, 1.82) is 0 Å². The Morgan fingerprint density at radius 2 is 0.911 bits per heavy atom. The quantitative estimate of drug-likeness (QED) is 0.0804. The SMILES string of the molecule is CC(C)(C)c1cc(CNC(=O)NCc2ccccc2)cc(C=N[C@@H]2CCCC[C@H]2N=Cc2cc(CNC(=O)NCc3ccccc3)cc(C(C)(C)C)c2O)c1O. The molecule has 4 aromatic carbocycles. The summed E-state index contributed by atoms with van der Waals surface area (Å²) in [5.74, 6) is 0.349. The van der Waals surface area contributed by atoms with E-state index < -0.39 is 0 Å². The summed E-state index contributed by atoms with van der Waals surface area (Å²) >= 11 is 0. The molecule has 1 saturated carbocycles. The first-order chi connectivity index (χ1) is 26.7. The van der Waals surface area contributed by atoms with E-state index in [-0.39, 0.29) is 59.6 Å². The molecule has 6 N–H and O–H groups in total. The third-order valence-corrected chi connectivity index (χ3v) is 10.0. The lowest BCUT2D eigenvalue weighted by molar-refractivity contribution is 0.239. The Labute approximate surface area is 332 Å². The second-order valence-corrected chi connectivity index (χ2v) is 16.7. The van der Waals surface area contributed by atoms with Crippen LogP contribution in [0.15, 0.2) is 94.9 Å². The maximum atomic E-state index is 12.6. The lowest BCUT2D eigenvalue weighted by atomic mass is 9.84. The van der Waals surface area contributed by atoms with E-state index >= 15 is 0 Å². The molecule has 2 atom stereocenters. The zero-order valence-electron chi connectivity index (χ0n) is 33.7. The highest BCUT2D eigenvalue weighted by atomic mass is 16.3. The predicted molar refractivity (Wildman–Crippen MR) is 226 cm³/mol. The lowest BCUT2D eigenvalue weighted by Gasteiger charge is -2.26. The van der Waals surface area contributed by atoms with Gasteiger partial charge in [0.25, 0.3) is 0 Å². The number of phenols is 2. The predicted octanol–water partition coefficient (Wildman–Crippen LogP) is 8.54. The van der Waals surface area contributed by atoms with Crippen molar-refractivity contribution >= 4 is 24.5 Å². The zero-order chi connectivity index (χ0) is 40.3. The normalized spacial score (nSPS) is 16.2. The molecule has 1 aliphatic carbocycles. The highest BCUT2D eigenvalue weighted by molar-refractivity contribution is 5.86. The van der Waals surface area contributed by atoms with Crippen molar-refractivity contribution in [1.82, 2.24) is 21.3 Å². The Kier molecular flexibility index (Phi) is 13.9. The molecule has 1 aliphatic rings. The Balaban J connectivity index is 1.31. The molecule has 0 saturated heterocycles. The number of nitrogens with zero attached hydrogens (tertiary/aromatic N) is 2. The molecule has 0 heterocycles. The summed E-state index contributed by atoms with van der Waals surface area (Å²) in [6, 6.07) is 26.3. The van der Waals surface area contributed by atoms with Gasteiger partial charge in [-0.15, -0.1) is 0 Å². The molecule has 10 nitrogen and oxygen atoms in total. The van der Waals surface area contributed by atoms with Gasteiger partial charge in [-0.1, -0.05) is 115 Å². The number of carbonyl (C=O) groups excluding carboxylic acids is 2. The van der Waals surface area contributed by atoms with Crippen LogP contribution in [0.2, 0.25) is 0 Å². The summed E-state index contributed by atoms with van der Waals surface area (Å²) in [5.41, 5.74) is 5.77. The summed E-state index contributed by atoms with van der Waals surface area (Å²) in [5, 5.41) is 34.5. The van der Waals surface area contributed by atoms with E-state index in [9.17, 15) is 19.8 Å². The van der Waals surface area contributed by atoms with E-state index in [1.165, 1.54) is 0 Å². The maximum absolute atomic E-state index is 12.6. The number of aliphatic imine (C=N–C) groups is 2. The van der Waals surface area contributed by atoms with Crippen molar-refractivity contribution in [3.05, 3.63) is 129 Å². The third-order valence-electron chi connectivity index (χ3n) is 10.0. The molecule has 4 amide bonds. The number of phenolic OH excluding ortho intramolecular Hbond substituents is 2. The van der Waals surface area contributed by atoms with Gasteiger partial charge in [-0.25, -0.2) is 9.59 Å². The van der Waals surface area contributed by atoms with Crippen LogP contribution >= 0.6 is 0 Å². The molecule has 0 radical (unpaired) electrons. The van der Waals surface area contributed by atoms with Gasteiger partial charge in [0, 0.05) is 60.9 Å². The van der Waals surface area contributed by atoms with Crippen molar-refractivity contribution < 1.29 is 19.8 Å². The summed E-state index contributed by atoms with van der Waals surface area (Å²) in [6.07, 6.45) is 7.20. The van der Waals surface area contributed by atoms with E-state index in [2.05, 4.69) is 21.3 Å². The van der Waals surface area contributed by atoms with Crippen LogP contribution in [0.1, 0.15) is 112 Å². The first-order valence-electron chi connectivity index (χ1n) is 19.6. The number of rotatable bonds is 12. The highest BCUT2D eigenvalue weighted by Gasteiger charge is 2.26. The summed E-state index contributed by atoms with van der Waals surface area (Å²) in [4.78, 5) is 35.3. The Morgan fingerprint density at radius 1 is 0.571 bits per heavy atom. The van der Waals surface area contributed by atoms with Crippen LogP contribution in [0, 0.1) is 0 Å². The van der Waals surface area contributed by atoms with Crippen molar-refractivity contribution in [3.8, 4) is 11.5 Å². The van der Waals surface area contributed by atoms with Crippen LogP contribution in [0.25, 0.3) is 0 Å². The van der Waals surface area contributed by atoms with E-state index in [0.717, 1.165) is 59.1 Å². The molecule has 0 aromatic heterocycles. The number of nitrogens with one attached hydrogen (secondary N) is 4. The van der Waals surface area contributed by atoms with Gasteiger partial charge in [0.1, 0.15) is 11.5 Å². The second kappa shape index (κ2) is 18.8. The Bertz CT molecular complexity index is 1850. The molecule has 4 aromatic rings. The average molecular weight is 759 g/mol. The van der Waals surface area contributed by atoms with Gasteiger partial charge in [0.05, 0.1) is 12.1 Å². The molecule has 296 valence electrons. The standard InChI is InChI=1S/C46H58N6O4/c1-45(2,3)37-23-33(27-51-43(55)49-25-31-15-9-7-10-16-31)21-35(41(37)53)29-47-39-19-13-14-20-40(39)48-30-36-22-34(24-38(42(36)54)46(4,5)6)28-52-44(56)50-26-32-17-11-8-12-18-32/h7-12,15-18,21-24,29-30,39-40,53-54H,13-14,19-20,25-28H2,1-6H3,(H2,49,51,55)(H2,50,52,56)/t39-,40-/m1/s1. The molecular weight excluding hydrogens is 701 g/mol. The first-order valence-corrected chi connectivity index (χ1v) is 19.6. The van der Waals surface area contributed by atoms with Gasteiger partial charge in [0.2, 0.25) is 0 Å². The Morgan fingerprint density at radius 3 is 1.25 bits per heavy atom. The van der Waals surface area contributed by atoms with Crippen LogP contribution in [-0.4, -0.2) is 46.8 Å². The molecule has 10 heteroatoms. The average Bonchev–Trinajstić information content (AvgIpc) is 3.17. The van der Waals surface area contributed by atoms with Crippen molar-refractivity contribution in [3.63, 3.8) is 0 Å². The van der Waals surface area contributed by atoms with E-state index in [1.54, 1.807) is 12.4 Å². The summed E-state index contributed by atoms with van der Waals surface area (Å²) < 4.78 is 0. The van der Waals surface area contributed by atoms with Gasteiger partial charge in [-0.2, -0.15) is 0 Å². The molecule has 56 heavy (non-hydrogen) atoms. The van der Waals surface area contributed by atoms with Crippen LogP contribution in [0.4, 0.5) is 9.59 Å². The fraction of sp³-hybridized carbons (Fsp3) is 0.391. The first kappa shape index (κ1) is 41.5. The monoisotopic (exact) mass is 758 g/mol. The van der Waals surface area contributed by atoms with Crippen LogP contribution < -0.4 is 21.3 Å². The van der Waals surface area contributed by atoms with E-state index in [1.807, 2.05) is 126 Å². The van der Waals surface area contributed by atoms with Crippen molar-refractivity contribution in [2.45, 2.75) is 116 Å². The number of aromatic hydroxyl groups is 2. The molecule has 0 bridgehead atoms. The minimum atomic E-state index is -0.347. The summed E-state index contributed by atoms with van der Waals surface area (Å²) in [6.45, 7) is 13.7. The number of amides is 4. The molecule has 0 spiro atoms. The number of hydrogen-bond acceptors (Lipinski definition) is 6. The lowest BCUT2D eigenvalue weighted by Crippen LogP contribution is -2.34. The van der Waals surface area contributed by atoms with E-state index in [0.29, 0.717) is 24.2 Å². The highest BCUT2D eigenvalue weighted by Crippen LogP contribution is 2.36. The van der Waals surface area contributed by atoms with Gasteiger partial charge in [-0.05, 0) is 70.2 Å². The smallest absolute Gasteiger partial charge is 0.315 e. The third kappa shape index (κ3) is 11.9. The molecule has 1 fully saturated rings. The Hall–Kier alpha value is -5.64. The van der Waals surface area contributed by atoms with Crippen molar-refractivity contribution in [2.75, 3.05) is 0 Å². The van der Waals surface area contributed by atoms with Gasteiger partial charge in [0.15, 0.2) is 0 Å². The van der Waals surface area contributed by atoms with Gasteiger partial charge in [-0.3, -0.25) is 9.98 Å². The number of hydrogen-bond donors (Lipinski definition) is 6. The number of benzene rings is 4. The minimum absolute atomic E-state index is 0.120. The maximum Gasteiger partial charge on any atom is 0.315 e. The number of carbonyl (C=O) groups is 2. The van der Waals surface area contributed by atoms with Gasteiger partial charge < -0.3 is 31.5 Å². The fourth-order valence-electron chi connectivity index (χ4n) is 6.82. The number of urea groups is 2. The second-order valence-electron chi connectivity index (χ2n) is 16.7. The molecular formula is C46H58N6O4. The molecule has 0 aliphatic heterocycles.